The quantitative estimate of drug-likeness (QED) is 0.793. The summed E-state index contributed by atoms with van der Waals surface area (Å²) >= 11 is 6.01. The van der Waals surface area contributed by atoms with E-state index in [1.165, 1.54) is 13.3 Å². The fourth-order valence-electron chi connectivity index (χ4n) is 3.04. The molecule has 0 spiro atoms. The van der Waals surface area contributed by atoms with Crippen LogP contribution < -0.4 is 15.4 Å². The van der Waals surface area contributed by atoms with E-state index in [9.17, 15) is 4.79 Å². The van der Waals surface area contributed by atoms with E-state index < -0.39 is 0 Å². The number of rotatable bonds is 5. The average Bonchev–Trinajstić information content (AvgIpc) is 2.74. The summed E-state index contributed by atoms with van der Waals surface area (Å²) in [6, 6.07) is 7.45. The Morgan fingerprint density at radius 1 is 1.39 bits per heavy atom. The van der Waals surface area contributed by atoms with Gasteiger partial charge in [0.05, 0.1) is 25.1 Å². The summed E-state index contributed by atoms with van der Waals surface area (Å²) in [5, 5.41) is 15.4. The third kappa shape index (κ3) is 4.26. The van der Waals surface area contributed by atoms with Crippen LogP contribution in [0.5, 0.6) is 5.75 Å². The van der Waals surface area contributed by atoms with Gasteiger partial charge in [0.15, 0.2) is 0 Å². The van der Waals surface area contributed by atoms with Crippen LogP contribution in [0.2, 0.25) is 5.02 Å². The summed E-state index contributed by atoms with van der Waals surface area (Å²) in [7, 11) is 3.26. The molecule has 146 valence electrons. The van der Waals surface area contributed by atoms with Crippen molar-refractivity contribution in [3.05, 3.63) is 35.0 Å². The molecule has 3 rings (SSSR count). The Bertz CT molecular complexity index is 906. The number of methoxy groups -OCH3 is 1. The number of nitriles is 1. The predicted molar refractivity (Wildman–Crippen MR) is 107 cm³/mol. The number of ether oxygens (including phenoxy) is 1. The molecule has 0 saturated carbocycles. The van der Waals surface area contributed by atoms with Crippen molar-refractivity contribution in [3.8, 4) is 11.8 Å². The second-order valence-corrected chi connectivity index (χ2v) is 6.78. The lowest BCUT2D eigenvalue weighted by molar-refractivity contribution is 0.0707. The summed E-state index contributed by atoms with van der Waals surface area (Å²) in [6.45, 7) is 1.18. The maximum Gasteiger partial charge on any atom is 0.253 e. The van der Waals surface area contributed by atoms with Gasteiger partial charge in [-0.1, -0.05) is 11.6 Å². The molecule has 1 amide bonds. The van der Waals surface area contributed by atoms with E-state index >= 15 is 0 Å². The van der Waals surface area contributed by atoms with E-state index in [1.807, 2.05) is 0 Å². The Labute approximate surface area is 168 Å². The van der Waals surface area contributed by atoms with Gasteiger partial charge in [0.1, 0.15) is 16.6 Å². The Kier molecular flexibility index (Phi) is 6.16. The van der Waals surface area contributed by atoms with Gasteiger partial charge < -0.3 is 20.3 Å². The van der Waals surface area contributed by atoms with E-state index in [1.54, 1.807) is 30.1 Å². The van der Waals surface area contributed by atoms with Crippen LogP contribution in [0.25, 0.3) is 0 Å². The molecular weight excluding hydrogens is 380 g/mol. The fourth-order valence-corrected chi connectivity index (χ4v) is 3.23. The number of hydrogen-bond donors (Lipinski definition) is 2. The first-order valence-corrected chi connectivity index (χ1v) is 9.27. The number of amides is 1. The summed E-state index contributed by atoms with van der Waals surface area (Å²) in [5.41, 5.74) is 1.16. The smallest absolute Gasteiger partial charge is 0.253 e. The zero-order valence-electron chi connectivity index (χ0n) is 15.7. The first-order chi connectivity index (χ1) is 13.5. The molecule has 0 atom stereocenters. The van der Waals surface area contributed by atoms with Gasteiger partial charge in [-0.25, -0.2) is 4.98 Å². The average molecular weight is 401 g/mol. The van der Waals surface area contributed by atoms with Crippen LogP contribution in [0.1, 0.15) is 23.2 Å². The van der Waals surface area contributed by atoms with Crippen LogP contribution in [0.3, 0.4) is 0 Å². The highest BCUT2D eigenvalue weighted by atomic mass is 35.5. The SMILES string of the molecule is CNc1nc(Nc2ccc(C(=O)N3CCC(C#N)CC3)cc2OC)ncc1Cl. The number of aromatic nitrogens is 2. The van der Waals surface area contributed by atoms with Crippen LogP contribution in [0.4, 0.5) is 17.5 Å². The highest BCUT2D eigenvalue weighted by Crippen LogP contribution is 2.30. The third-order valence-electron chi connectivity index (χ3n) is 4.64. The van der Waals surface area contributed by atoms with Gasteiger partial charge >= 0.3 is 0 Å². The highest BCUT2D eigenvalue weighted by Gasteiger charge is 2.24. The van der Waals surface area contributed by atoms with Gasteiger partial charge in [-0.2, -0.15) is 10.2 Å². The number of carbonyl (C=O) groups excluding carboxylic acids is 1. The lowest BCUT2D eigenvalue weighted by Crippen LogP contribution is -2.38. The molecule has 9 heteroatoms. The molecule has 0 unspecified atom stereocenters. The molecule has 0 radical (unpaired) electrons. The van der Waals surface area contributed by atoms with Crippen molar-refractivity contribution in [1.29, 1.82) is 5.26 Å². The summed E-state index contributed by atoms with van der Waals surface area (Å²) in [4.78, 5) is 23.0. The Morgan fingerprint density at radius 3 is 2.79 bits per heavy atom. The summed E-state index contributed by atoms with van der Waals surface area (Å²) < 4.78 is 5.44. The van der Waals surface area contributed by atoms with Gasteiger partial charge in [0.2, 0.25) is 5.95 Å². The number of hydrogen-bond acceptors (Lipinski definition) is 7. The topological polar surface area (TPSA) is 103 Å². The molecule has 0 bridgehead atoms. The molecule has 28 heavy (non-hydrogen) atoms. The predicted octanol–water partition coefficient (Wildman–Crippen LogP) is 3.30. The molecule has 2 heterocycles. The number of carbonyl (C=O) groups is 1. The minimum Gasteiger partial charge on any atom is -0.495 e. The molecule has 1 aromatic heterocycles. The third-order valence-corrected chi connectivity index (χ3v) is 4.92. The Hall–Kier alpha value is -3.05. The zero-order chi connectivity index (χ0) is 20.1. The van der Waals surface area contributed by atoms with E-state index in [-0.39, 0.29) is 11.8 Å². The van der Waals surface area contributed by atoms with Crippen molar-refractivity contribution < 1.29 is 9.53 Å². The molecule has 2 aromatic rings. The molecule has 1 aromatic carbocycles. The summed E-state index contributed by atoms with van der Waals surface area (Å²) in [5.74, 6) is 1.33. The largest absolute Gasteiger partial charge is 0.495 e. The maximum absolute atomic E-state index is 12.8. The number of likely N-dealkylation sites (tertiary alicyclic amines) is 1. The van der Waals surface area contributed by atoms with Gasteiger partial charge in [0.25, 0.3) is 5.91 Å². The van der Waals surface area contributed by atoms with Crippen molar-refractivity contribution in [2.24, 2.45) is 5.92 Å². The van der Waals surface area contributed by atoms with Gasteiger partial charge in [-0.05, 0) is 31.0 Å². The van der Waals surface area contributed by atoms with Crippen molar-refractivity contribution >= 4 is 35.0 Å². The van der Waals surface area contributed by atoms with Crippen molar-refractivity contribution in [3.63, 3.8) is 0 Å². The molecular formula is C19H21ClN6O2. The van der Waals surface area contributed by atoms with Crippen LogP contribution in [-0.2, 0) is 0 Å². The number of piperidine rings is 1. The van der Waals surface area contributed by atoms with E-state index in [4.69, 9.17) is 21.6 Å². The normalized spacial score (nSPS) is 14.3. The van der Waals surface area contributed by atoms with Crippen molar-refractivity contribution in [2.45, 2.75) is 12.8 Å². The first kappa shape index (κ1) is 19.7. The minimum atomic E-state index is -0.0681. The number of nitrogens with zero attached hydrogens (tertiary/aromatic N) is 4. The Balaban J connectivity index is 1.77. The maximum atomic E-state index is 12.8. The molecule has 8 nitrogen and oxygen atoms in total. The monoisotopic (exact) mass is 400 g/mol. The molecule has 2 N–H and O–H groups in total. The number of halogens is 1. The minimum absolute atomic E-state index is 0.0343. The lowest BCUT2D eigenvalue weighted by Gasteiger charge is -2.29. The van der Waals surface area contributed by atoms with Crippen molar-refractivity contribution in [2.75, 3.05) is 37.9 Å². The number of anilines is 3. The van der Waals surface area contributed by atoms with Gasteiger partial charge in [-0.15, -0.1) is 0 Å². The van der Waals surface area contributed by atoms with Crippen molar-refractivity contribution in [1.82, 2.24) is 14.9 Å². The second-order valence-electron chi connectivity index (χ2n) is 6.38. The number of nitrogens with one attached hydrogen (secondary N) is 2. The van der Waals surface area contributed by atoms with Crippen LogP contribution in [0.15, 0.2) is 24.4 Å². The second kappa shape index (κ2) is 8.76. The van der Waals surface area contributed by atoms with E-state index in [0.717, 1.165) is 0 Å². The van der Waals surface area contributed by atoms with Crippen LogP contribution >= 0.6 is 11.6 Å². The van der Waals surface area contributed by atoms with Gasteiger partial charge in [0, 0.05) is 31.6 Å². The molecule has 1 saturated heterocycles. The molecule has 1 aliphatic heterocycles. The van der Waals surface area contributed by atoms with E-state index in [2.05, 4.69) is 26.7 Å². The number of benzene rings is 1. The molecule has 0 aliphatic carbocycles. The molecule has 1 aliphatic rings. The standard InChI is InChI=1S/C19H21ClN6O2/c1-22-17-14(20)11-23-19(25-17)24-15-4-3-13(9-16(15)28-2)18(27)26-7-5-12(10-21)6-8-26/h3-4,9,11-12H,5-8H2,1-2H3,(H2,22,23,24,25). The van der Waals surface area contributed by atoms with E-state index in [0.29, 0.717) is 59.7 Å². The first-order valence-electron chi connectivity index (χ1n) is 8.90. The van der Waals surface area contributed by atoms with Crippen LogP contribution in [0, 0.1) is 17.2 Å². The Morgan fingerprint density at radius 2 is 2.14 bits per heavy atom. The summed E-state index contributed by atoms with van der Waals surface area (Å²) in [6.07, 6.45) is 2.92. The van der Waals surface area contributed by atoms with Crippen LogP contribution in [-0.4, -0.2) is 48.0 Å². The van der Waals surface area contributed by atoms with Gasteiger partial charge in [-0.3, -0.25) is 4.79 Å². The highest BCUT2D eigenvalue weighted by molar-refractivity contribution is 6.32. The fraction of sp³-hybridized carbons (Fsp3) is 0.368. The zero-order valence-corrected chi connectivity index (χ0v) is 16.5. The molecule has 1 fully saturated rings. The lowest BCUT2D eigenvalue weighted by atomic mass is 9.98.